The topological polar surface area (TPSA) is 148 Å². The molecule has 0 spiro atoms. The first-order valence-electron chi connectivity index (χ1n) is 13.6. The van der Waals surface area contributed by atoms with Crippen molar-refractivity contribution in [2.75, 3.05) is 4.90 Å². The van der Waals surface area contributed by atoms with Gasteiger partial charge in [-0.05, 0) is 45.0 Å². The molecular formula is C31H26F2N4O7. The normalized spacial score (nSPS) is 16.4. The van der Waals surface area contributed by atoms with Crippen LogP contribution in [0.25, 0.3) is 21.9 Å². The fraction of sp³-hybridized carbons (Fsp3) is 0.258. The first-order valence-corrected chi connectivity index (χ1v) is 13.6. The SMILES string of the molecule is CC(C)(C)C(=O)OCn1cccc(C2c3c(cc(F)c4ccoc34)N(Cc3cc4c(=O)[nH]cnc4cc3F)C2C(=O)O)c1=O. The van der Waals surface area contributed by atoms with E-state index in [1.807, 2.05) is 0 Å². The third-order valence-corrected chi connectivity index (χ3v) is 7.71. The van der Waals surface area contributed by atoms with E-state index in [0.29, 0.717) is 0 Å². The molecule has 4 heterocycles. The van der Waals surface area contributed by atoms with Gasteiger partial charge in [0.05, 0.1) is 40.2 Å². The number of nitrogens with one attached hydrogen (secondary N) is 1. The molecule has 44 heavy (non-hydrogen) atoms. The van der Waals surface area contributed by atoms with Crippen LogP contribution in [-0.2, 0) is 27.6 Å². The molecule has 0 saturated heterocycles. The van der Waals surface area contributed by atoms with Gasteiger partial charge >= 0.3 is 11.9 Å². The maximum absolute atomic E-state index is 15.3. The fourth-order valence-electron chi connectivity index (χ4n) is 5.59. The number of aromatic amines is 1. The largest absolute Gasteiger partial charge is 0.480 e. The second-order valence-corrected chi connectivity index (χ2v) is 11.6. The number of carboxylic acids is 1. The zero-order valence-corrected chi connectivity index (χ0v) is 23.8. The lowest BCUT2D eigenvalue weighted by Crippen LogP contribution is -2.42. The van der Waals surface area contributed by atoms with Crippen LogP contribution in [0, 0.1) is 17.0 Å². The lowest BCUT2D eigenvalue weighted by Gasteiger charge is -2.27. The molecule has 0 aliphatic carbocycles. The highest BCUT2D eigenvalue weighted by atomic mass is 19.1. The molecule has 11 nitrogen and oxygen atoms in total. The second-order valence-electron chi connectivity index (χ2n) is 11.6. The van der Waals surface area contributed by atoms with E-state index in [-0.39, 0.29) is 44.2 Å². The molecule has 6 rings (SSSR count). The zero-order chi connectivity index (χ0) is 31.5. The van der Waals surface area contributed by atoms with Crippen LogP contribution in [0.3, 0.4) is 0 Å². The number of halogens is 2. The molecule has 2 atom stereocenters. The van der Waals surface area contributed by atoms with Crippen molar-refractivity contribution in [3.05, 3.63) is 104 Å². The van der Waals surface area contributed by atoms with Crippen molar-refractivity contribution in [3.63, 3.8) is 0 Å². The maximum Gasteiger partial charge on any atom is 0.327 e. The number of nitrogens with zero attached hydrogens (tertiary/aromatic N) is 3. The Morgan fingerprint density at radius 1 is 1.11 bits per heavy atom. The monoisotopic (exact) mass is 604 g/mol. The summed E-state index contributed by atoms with van der Waals surface area (Å²) < 4.78 is 42.8. The predicted molar refractivity (Wildman–Crippen MR) is 154 cm³/mol. The van der Waals surface area contributed by atoms with Crippen LogP contribution in [-0.4, -0.2) is 37.6 Å². The summed E-state index contributed by atoms with van der Waals surface area (Å²) in [6, 6.07) is 6.27. The first kappa shape index (κ1) is 28.8. The van der Waals surface area contributed by atoms with Gasteiger partial charge in [0.2, 0.25) is 0 Å². The zero-order valence-electron chi connectivity index (χ0n) is 23.8. The van der Waals surface area contributed by atoms with Gasteiger partial charge < -0.3 is 24.1 Å². The number of rotatable bonds is 6. The molecule has 0 saturated carbocycles. The van der Waals surface area contributed by atoms with Crippen molar-refractivity contribution in [2.45, 2.75) is 46.0 Å². The molecule has 2 unspecified atom stereocenters. The highest BCUT2D eigenvalue weighted by molar-refractivity contribution is 5.94. The summed E-state index contributed by atoms with van der Waals surface area (Å²) in [7, 11) is 0. The number of pyridine rings is 1. The molecule has 5 aromatic rings. The van der Waals surface area contributed by atoms with Gasteiger partial charge in [-0.3, -0.25) is 19.0 Å². The number of carbonyl (C=O) groups excluding carboxylic acids is 1. The van der Waals surface area contributed by atoms with Crippen LogP contribution in [0.1, 0.15) is 43.4 Å². The Balaban J connectivity index is 1.52. The Kier molecular flexibility index (Phi) is 6.82. The minimum Gasteiger partial charge on any atom is -0.480 e. The van der Waals surface area contributed by atoms with Crippen molar-refractivity contribution >= 4 is 39.5 Å². The van der Waals surface area contributed by atoms with Gasteiger partial charge in [0, 0.05) is 41.2 Å². The smallest absolute Gasteiger partial charge is 0.327 e. The standard InChI is InChI=1S/C31H26F2N4O7/c1-31(2,3)30(42)44-14-36-7-4-5-17(28(36)39)23-24-22(11-20(33)16-6-8-43-26(16)24)37(25(23)29(40)41)12-15-9-18-21(10-19(15)32)34-13-35-27(18)38/h4-11,13,23,25H,12,14H2,1-3H3,(H,40,41)(H,34,35,38). The van der Waals surface area contributed by atoms with Crippen LogP contribution < -0.4 is 16.0 Å². The number of H-pyrrole nitrogens is 1. The molecule has 0 fully saturated rings. The molecule has 2 N–H and O–H groups in total. The number of aliphatic carboxylic acids is 1. The molecule has 0 radical (unpaired) electrons. The van der Waals surface area contributed by atoms with E-state index in [4.69, 9.17) is 9.15 Å². The molecule has 13 heteroatoms. The minimum absolute atomic E-state index is 0.0133. The summed E-state index contributed by atoms with van der Waals surface area (Å²) in [5.41, 5.74) is -1.58. The lowest BCUT2D eigenvalue weighted by atomic mass is 9.87. The number of hydrogen-bond acceptors (Lipinski definition) is 8. The van der Waals surface area contributed by atoms with Crippen molar-refractivity contribution < 1.29 is 32.6 Å². The fourth-order valence-corrected chi connectivity index (χ4v) is 5.59. The average Bonchev–Trinajstić information content (AvgIpc) is 3.56. The van der Waals surface area contributed by atoms with Crippen molar-refractivity contribution in [1.82, 2.24) is 14.5 Å². The first-order chi connectivity index (χ1) is 20.9. The third-order valence-electron chi connectivity index (χ3n) is 7.71. The van der Waals surface area contributed by atoms with Crippen LogP contribution in [0.5, 0.6) is 0 Å². The molecule has 0 bridgehead atoms. The summed E-state index contributed by atoms with van der Waals surface area (Å²) >= 11 is 0. The number of esters is 1. The number of furan rings is 1. The Hall–Kier alpha value is -5.33. The Bertz CT molecular complexity index is 2090. The average molecular weight is 605 g/mol. The maximum atomic E-state index is 15.3. The molecule has 1 aliphatic rings. The van der Waals surface area contributed by atoms with E-state index in [2.05, 4.69) is 9.97 Å². The number of hydrogen-bond donors (Lipinski definition) is 2. The van der Waals surface area contributed by atoms with Gasteiger partial charge in [0.25, 0.3) is 11.1 Å². The van der Waals surface area contributed by atoms with Crippen LogP contribution >= 0.6 is 0 Å². The van der Waals surface area contributed by atoms with E-state index < -0.39 is 65.3 Å². The van der Waals surface area contributed by atoms with Gasteiger partial charge in [0.15, 0.2) is 6.73 Å². The lowest BCUT2D eigenvalue weighted by molar-refractivity contribution is -0.157. The van der Waals surface area contributed by atoms with Crippen molar-refractivity contribution in [1.29, 1.82) is 0 Å². The second kappa shape index (κ2) is 10.4. The number of carboxylic acid groups (broad SMARTS) is 1. The predicted octanol–water partition coefficient (Wildman–Crippen LogP) is 4.26. The summed E-state index contributed by atoms with van der Waals surface area (Å²) in [6.07, 6.45) is 3.79. The summed E-state index contributed by atoms with van der Waals surface area (Å²) in [4.78, 5) is 59.2. The summed E-state index contributed by atoms with van der Waals surface area (Å²) in [6.45, 7) is 4.17. The number of aromatic nitrogens is 3. The molecule has 226 valence electrons. The molecular weight excluding hydrogens is 578 g/mol. The number of carbonyl (C=O) groups is 2. The third kappa shape index (κ3) is 4.70. The number of ether oxygens (including phenoxy) is 1. The van der Waals surface area contributed by atoms with E-state index >= 15 is 8.78 Å². The van der Waals surface area contributed by atoms with Gasteiger partial charge in [0.1, 0.15) is 23.3 Å². The van der Waals surface area contributed by atoms with E-state index in [0.717, 1.165) is 23.0 Å². The van der Waals surface area contributed by atoms with Crippen LogP contribution in [0.15, 0.2) is 69.2 Å². The molecule has 1 aliphatic heterocycles. The van der Waals surface area contributed by atoms with Gasteiger partial charge in [-0.2, -0.15) is 0 Å². The molecule has 0 amide bonds. The summed E-state index contributed by atoms with van der Waals surface area (Å²) in [5, 5.41) is 10.7. The Morgan fingerprint density at radius 2 is 1.89 bits per heavy atom. The van der Waals surface area contributed by atoms with Crippen molar-refractivity contribution in [2.24, 2.45) is 5.41 Å². The Morgan fingerprint density at radius 3 is 2.61 bits per heavy atom. The van der Waals surface area contributed by atoms with Gasteiger partial charge in [-0.25, -0.2) is 18.6 Å². The summed E-state index contributed by atoms with van der Waals surface area (Å²) in [5.74, 6) is -4.59. The van der Waals surface area contributed by atoms with Crippen LogP contribution in [0.2, 0.25) is 0 Å². The highest BCUT2D eigenvalue weighted by Gasteiger charge is 2.47. The van der Waals surface area contributed by atoms with Gasteiger partial charge in [-0.1, -0.05) is 6.07 Å². The van der Waals surface area contributed by atoms with E-state index in [1.54, 1.807) is 20.8 Å². The molecule has 2 aromatic carbocycles. The molecule has 3 aromatic heterocycles. The van der Waals surface area contributed by atoms with Gasteiger partial charge in [-0.15, -0.1) is 0 Å². The number of anilines is 1. The minimum atomic E-state index is -1.52. The highest BCUT2D eigenvalue weighted by Crippen LogP contribution is 2.49. The van der Waals surface area contributed by atoms with Crippen LogP contribution in [0.4, 0.5) is 14.5 Å². The number of fused-ring (bicyclic) bond motifs is 4. The van der Waals surface area contributed by atoms with Crippen molar-refractivity contribution in [3.8, 4) is 0 Å². The number of benzene rings is 2. The van der Waals surface area contributed by atoms with E-state index in [1.165, 1.54) is 41.6 Å². The van der Waals surface area contributed by atoms with E-state index in [9.17, 15) is 24.3 Å². The quantitative estimate of drug-likeness (QED) is 0.271. The Labute approximate surface area is 247 Å².